The van der Waals surface area contributed by atoms with Crippen LogP contribution >= 0.6 is 11.6 Å². The molecule has 2 aliphatic heterocycles. The van der Waals surface area contributed by atoms with E-state index in [9.17, 15) is 13.7 Å². The smallest absolute Gasteiger partial charge is 0.244 e. The molecule has 6 bridgehead atoms. The van der Waals surface area contributed by atoms with Crippen LogP contribution < -0.4 is 15.4 Å². The zero-order valence-electron chi connectivity index (χ0n) is 21.9. The number of nitriles is 1. The summed E-state index contributed by atoms with van der Waals surface area (Å²) < 4.78 is 34.2. The molecule has 4 heterocycles. The van der Waals surface area contributed by atoms with Gasteiger partial charge in [0, 0.05) is 30.9 Å². The number of ether oxygens (including phenoxy) is 1. The minimum absolute atomic E-state index is 0.0176. The monoisotopic (exact) mass is 587 g/mol. The molecule has 208 valence electrons. The van der Waals surface area contributed by atoms with Crippen molar-refractivity contribution in [2.75, 3.05) is 30.3 Å². The largest absolute Gasteiger partial charge is 0.493 e. The van der Waals surface area contributed by atoms with Crippen LogP contribution in [0.3, 0.4) is 0 Å². The number of hydrogen-bond acceptors (Lipinski definition) is 9. The third-order valence-corrected chi connectivity index (χ3v) is 9.35. The molecule has 2 aromatic heterocycles. The van der Waals surface area contributed by atoms with Crippen LogP contribution in [0.1, 0.15) is 23.1 Å². The van der Waals surface area contributed by atoms with E-state index in [0.717, 1.165) is 34.7 Å². The fraction of sp³-hybridized carbons (Fsp3) is 0.241. The topological polar surface area (TPSA) is 133 Å². The highest BCUT2D eigenvalue weighted by molar-refractivity contribution is 7.89. The Kier molecular flexibility index (Phi) is 7.45. The normalized spacial score (nSPS) is 16.7. The third kappa shape index (κ3) is 5.81. The van der Waals surface area contributed by atoms with Gasteiger partial charge in [-0.25, -0.2) is 13.4 Å². The van der Waals surface area contributed by atoms with Gasteiger partial charge in [-0.1, -0.05) is 23.7 Å². The van der Waals surface area contributed by atoms with Crippen molar-refractivity contribution in [3.63, 3.8) is 0 Å². The van der Waals surface area contributed by atoms with Crippen LogP contribution in [0.2, 0.25) is 5.02 Å². The maximum absolute atomic E-state index is 13.2. The number of aryl methyl sites for hydroxylation is 2. The molecule has 41 heavy (non-hydrogen) atoms. The Hall–Kier alpha value is -4.24. The molecule has 6 rings (SSSR count). The zero-order valence-corrected chi connectivity index (χ0v) is 23.5. The van der Waals surface area contributed by atoms with Crippen LogP contribution in [-0.2, 0) is 22.9 Å². The van der Waals surface area contributed by atoms with Crippen LogP contribution in [0, 0.1) is 17.2 Å². The molecule has 1 fully saturated rings. The Morgan fingerprint density at radius 2 is 1.95 bits per heavy atom. The lowest BCUT2D eigenvalue weighted by Crippen LogP contribution is -2.30. The molecule has 1 saturated heterocycles. The highest BCUT2D eigenvalue weighted by atomic mass is 35.5. The number of nitrogens with zero attached hydrogens (tertiary/aromatic N) is 5. The second-order valence-electron chi connectivity index (χ2n) is 9.98. The van der Waals surface area contributed by atoms with Gasteiger partial charge in [-0.15, -0.1) is 0 Å². The van der Waals surface area contributed by atoms with Crippen molar-refractivity contribution in [2.24, 2.45) is 5.92 Å². The summed E-state index contributed by atoms with van der Waals surface area (Å²) in [6.45, 7) is 1.08. The molecule has 12 heteroatoms. The zero-order chi connectivity index (χ0) is 28.4. The number of benzene rings is 2. The van der Waals surface area contributed by atoms with Gasteiger partial charge in [0.15, 0.2) is 5.82 Å². The summed E-state index contributed by atoms with van der Waals surface area (Å²) in [5, 5.41) is 16.2. The van der Waals surface area contributed by atoms with Crippen molar-refractivity contribution >= 4 is 44.8 Å². The van der Waals surface area contributed by atoms with Crippen LogP contribution in [0.25, 0.3) is 0 Å². The molecular weight excluding hydrogens is 562 g/mol. The molecule has 0 aliphatic carbocycles. The number of sulfonamides is 1. The second kappa shape index (κ2) is 11.3. The highest BCUT2D eigenvalue weighted by Gasteiger charge is 2.34. The van der Waals surface area contributed by atoms with E-state index in [-0.39, 0.29) is 16.4 Å². The third-order valence-electron chi connectivity index (χ3n) is 7.15. The number of pyridine rings is 1. The lowest BCUT2D eigenvalue weighted by atomic mass is 10.0. The first kappa shape index (κ1) is 27.0. The van der Waals surface area contributed by atoms with Crippen molar-refractivity contribution in [2.45, 2.75) is 24.2 Å². The van der Waals surface area contributed by atoms with Gasteiger partial charge >= 0.3 is 0 Å². The van der Waals surface area contributed by atoms with E-state index >= 15 is 0 Å². The predicted molar refractivity (Wildman–Crippen MR) is 155 cm³/mol. The molecule has 0 spiro atoms. The maximum atomic E-state index is 13.2. The minimum atomic E-state index is -3.77. The van der Waals surface area contributed by atoms with Gasteiger partial charge in [0.05, 0.1) is 35.1 Å². The fourth-order valence-corrected chi connectivity index (χ4v) is 6.84. The molecule has 1 atom stereocenters. The van der Waals surface area contributed by atoms with Gasteiger partial charge < -0.3 is 15.4 Å². The number of anilines is 4. The summed E-state index contributed by atoms with van der Waals surface area (Å²) in [6, 6.07) is 16.1. The van der Waals surface area contributed by atoms with Crippen molar-refractivity contribution in [1.29, 1.82) is 5.26 Å². The molecule has 0 saturated carbocycles. The Morgan fingerprint density at radius 3 is 2.83 bits per heavy atom. The Bertz CT molecular complexity index is 1760. The minimum Gasteiger partial charge on any atom is -0.493 e. The number of halogens is 1. The summed E-state index contributed by atoms with van der Waals surface area (Å²) >= 11 is 6.37. The number of hydrogen-bond donors (Lipinski definition) is 2. The predicted octanol–water partition coefficient (Wildman–Crippen LogP) is 5.07. The molecular formula is C29H26ClN7O3S. The summed E-state index contributed by atoms with van der Waals surface area (Å²) in [7, 11) is -3.77. The number of fused-ring (bicyclic) bond motifs is 6. The standard InChI is InChI=1S/C29H26ClN7O3S/c30-25-16-33-29-35-24-11-19(14-32-15-24)5-6-21-12-23(34-28(25)36-29)7-8-26(21)40-18-20-9-10-37(17-20)41(38,39)27-4-2-1-3-22(27)13-31/h1-4,7-8,11-12,14-16,20H,5-6,9-10,17-18H2,(H2,33,34,35,36). The van der Waals surface area contributed by atoms with Crippen LogP contribution in [0.4, 0.5) is 23.1 Å². The first-order valence-electron chi connectivity index (χ1n) is 13.1. The molecule has 2 N–H and O–H groups in total. The number of nitrogens with one attached hydrogen (secondary N) is 2. The molecule has 0 amide bonds. The highest BCUT2D eigenvalue weighted by Crippen LogP contribution is 2.32. The molecule has 0 radical (unpaired) electrons. The van der Waals surface area contributed by atoms with Gasteiger partial charge in [0.2, 0.25) is 16.0 Å². The maximum Gasteiger partial charge on any atom is 0.244 e. The van der Waals surface area contributed by atoms with Crippen molar-refractivity contribution in [3.05, 3.63) is 88.8 Å². The van der Waals surface area contributed by atoms with Gasteiger partial charge in [-0.05, 0) is 66.8 Å². The van der Waals surface area contributed by atoms with Crippen LogP contribution in [0.15, 0.2) is 72.0 Å². The average molecular weight is 588 g/mol. The van der Waals surface area contributed by atoms with Crippen molar-refractivity contribution in [1.82, 2.24) is 19.3 Å². The molecule has 4 aromatic rings. The number of rotatable bonds is 5. The van der Waals surface area contributed by atoms with E-state index < -0.39 is 10.0 Å². The molecule has 1 unspecified atom stereocenters. The summed E-state index contributed by atoms with van der Waals surface area (Å²) in [5.41, 5.74) is 3.76. The van der Waals surface area contributed by atoms with Crippen molar-refractivity contribution < 1.29 is 13.2 Å². The summed E-state index contributed by atoms with van der Waals surface area (Å²) in [5.74, 6) is 1.62. The summed E-state index contributed by atoms with van der Waals surface area (Å²) in [4.78, 5) is 13.2. The first-order chi connectivity index (χ1) is 19.9. The van der Waals surface area contributed by atoms with E-state index in [4.69, 9.17) is 16.3 Å². The Labute approximate surface area is 243 Å². The van der Waals surface area contributed by atoms with Gasteiger partial charge in [0.25, 0.3) is 0 Å². The van der Waals surface area contributed by atoms with Gasteiger partial charge in [-0.3, -0.25) is 4.98 Å². The van der Waals surface area contributed by atoms with Gasteiger partial charge in [0.1, 0.15) is 16.8 Å². The van der Waals surface area contributed by atoms with Crippen LogP contribution in [-0.4, -0.2) is 47.4 Å². The van der Waals surface area contributed by atoms with E-state index in [1.807, 2.05) is 36.5 Å². The quantitative estimate of drug-likeness (QED) is 0.328. The number of aromatic nitrogens is 3. The van der Waals surface area contributed by atoms with E-state index in [1.165, 1.54) is 16.4 Å². The lowest BCUT2D eigenvalue weighted by molar-refractivity contribution is 0.253. The lowest BCUT2D eigenvalue weighted by Gasteiger charge is -2.19. The fourth-order valence-electron chi connectivity index (χ4n) is 5.03. The van der Waals surface area contributed by atoms with Gasteiger partial charge in [-0.2, -0.15) is 14.6 Å². The van der Waals surface area contributed by atoms with E-state index in [2.05, 4.69) is 25.6 Å². The average Bonchev–Trinajstić information content (AvgIpc) is 3.47. The van der Waals surface area contributed by atoms with Crippen LogP contribution in [0.5, 0.6) is 5.75 Å². The van der Waals surface area contributed by atoms with Crippen molar-refractivity contribution in [3.8, 4) is 11.8 Å². The first-order valence-corrected chi connectivity index (χ1v) is 15.0. The second-order valence-corrected chi connectivity index (χ2v) is 12.3. The SMILES string of the molecule is N#Cc1ccccc1S(=O)(=O)N1CCC(COc2ccc3cc2CCc2cncc(c2)Nc2ncc(Cl)c(n2)N3)C1. The molecule has 2 aliphatic rings. The Balaban J connectivity index is 1.21. The Morgan fingerprint density at radius 1 is 1.07 bits per heavy atom. The molecule has 2 aromatic carbocycles. The molecule has 10 nitrogen and oxygen atoms in total. The summed E-state index contributed by atoms with van der Waals surface area (Å²) in [6.07, 6.45) is 7.19. The van der Waals surface area contributed by atoms with E-state index in [0.29, 0.717) is 49.3 Å². The van der Waals surface area contributed by atoms with E-state index in [1.54, 1.807) is 24.5 Å².